The third-order valence-electron chi connectivity index (χ3n) is 5.70. The van der Waals surface area contributed by atoms with Crippen LogP contribution in [0.5, 0.6) is 0 Å². The van der Waals surface area contributed by atoms with Gasteiger partial charge < -0.3 is 19.8 Å². The van der Waals surface area contributed by atoms with Crippen LogP contribution in [0.3, 0.4) is 0 Å². The van der Waals surface area contributed by atoms with Gasteiger partial charge in [0, 0.05) is 17.7 Å². The Bertz CT molecular complexity index is 527. The summed E-state index contributed by atoms with van der Waals surface area (Å²) in [5.74, 6) is -2.61. The zero-order chi connectivity index (χ0) is 18.2. The molecule has 0 saturated heterocycles. The van der Waals surface area contributed by atoms with Gasteiger partial charge in [0.25, 0.3) is 0 Å². The summed E-state index contributed by atoms with van der Waals surface area (Å²) in [6.07, 6.45) is 1.83. The van der Waals surface area contributed by atoms with Crippen LogP contribution >= 0.6 is 11.6 Å². The van der Waals surface area contributed by atoms with Crippen molar-refractivity contribution in [2.75, 3.05) is 5.88 Å². The van der Waals surface area contributed by atoms with Crippen LogP contribution in [-0.4, -0.2) is 40.6 Å². The summed E-state index contributed by atoms with van der Waals surface area (Å²) in [6, 6.07) is 0. The number of hydrogen-bond donors (Lipinski definition) is 2. The minimum absolute atomic E-state index is 0.273. The van der Waals surface area contributed by atoms with Crippen molar-refractivity contribution in [3.8, 4) is 0 Å². The molecule has 2 N–H and O–H groups in total. The maximum absolute atomic E-state index is 11.0. The molecule has 0 bridgehead atoms. The van der Waals surface area contributed by atoms with E-state index in [0.717, 1.165) is 12.6 Å². The lowest BCUT2D eigenvalue weighted by Gasteiger charge is -2.12. The van der Waals surface area contributed by atoms with E-state index in [9.17, 15) is 19.2 Å². The second-order valence-corrected chi connectivity index (χ2v) is 7.73. The first-order chi connectivity index (χ1) is 10.5. The Morgan fingerprint density at radius 2 is 1.61 bits per heavy atom. The number of halogens is 1. The number of carboxylic acid groups (broad SMARTS) is 2. The molecule has 2 fully saturated rings. The quantitative estimate of drug-likeness (QED) is 0.563. The van der Waals surface area contributed by atoms with Gasteiger partial charge in [-0.1, -0.05) is 27.7 Å². The highest BCUT2D eigenvalue weighted by Crippen LogP contribution is 2.69. The maximum atomic E-state index is 11.0. The normalized spacial score (nSPS) is 35.3. The molecule has 2 rings (SSSR count). The number of carbonyl (C=O) groups is 4. The van der Waals surface area contributed by atoms with E-state index >= 15 is 0 Å². The number of rotatable bonds is 6. The van der Waals surface area contributed by atoms with Crippen LogP contribution in [0.15, 0.2) is 0 Å². The monoisotopic (exact) mass is 346 g/mol. The fourth-order valence-corrected chi connectivity index (χ4v) is 4.03. The summed E-state index contributed by atoms with van der Waals surface area (Å²) in [6.45, 7) is 7.19. The van der Waals surface area contributed by atoms with Gasteiger partial charge in [-0.05, 0) is 17.3 Å². The lowest BCUT2D eigenvalue weighted by molar-refractivity contribution is -0.145. The van der Waals surface area contributed by atoms with Crippen LogP contribution in [0.2, 0.25) is 0 Å². The number of carboxylic acids is 2. The van der Waals surface area contributed by atoms with Gasteiger partial charge in [0.2, 0.25) is 0 Å². The highest BCUT2D eigenvalue weighted by molar-refractivity contribution is 6.18. The number of aldehydes is 2. The van der Waals surface area contributed by atoms with Crippen LogP contribution in [0, 0.1) is 34.0 Å². The first kappa shape index (κ1) is 19.6. The number of hydrogen-bond acceptors (Lipinski definition) is 4. The van der Waals surface area contributed by atoms with Gasteiger partial charge in [-0.3, -0.25) is 9.59 Å². The fourth-order valence-electron chi connectivity index (χ4n) is 3.73. The molecule has 0 aromatic carbocycles. The van der Waals surface area contributed by atoms with Gasteiger partial charge in [0.05, 0.1) is 11.3 Å². The van der Waals surface area contributed by atoms with Gasteiger partial charge in [0.1, 0.15) is 12.6 Å². The number of carbonyl (C=O) groups excluding carboxylic acids is 2. The van der Waals surface area contributed by atoms with E-state index < -0.39 is 34.6 Å². The molecule has 4 unspecified atom stereocenters. The molecule has 0 aromatic heterocycles. The van der Waals surface area contributed by atoms with Crippen molar-refractivity contribution < 1.29 is 29.4 Å². The van der Waals surface area contributed by atoms with Gasteiger partial charge in [-0.2, -0.15) is 0 Å². The molecule has 7 heteroatoms. The molecule has 6 nitrogen and oxygen atoms in total. The number of aliphatic carboxylic acids is 2. The molecular weight excluding hydrogens is 324 g/mol. The second kappa shape index (κ2) is 6.23. The first-order valence-electron chi connectivity index (χ1n) is 7.39. The van der Waals surface area contributed by atoms with Crippen LogP contribution in [0.1, 0.15) is 34.1 Å². The van der Waals surface area contributed by atoms with E-state index in [-0.39, 0.29) is 17.2 Å². The highest BCUT2D eigenvalue weighted by Gasteiger charge is 2.75. The third-order valence-corrected chi connectivity index (χ3v) is 5.89. The predicted molar refractivity (Wildman–Crippen MR) is 83.2 cm³/mol. The SMILES string of the molecule is CC1(C)C(C=O)C1(CCCl)C(=O)O.CC1(C)C(C=O)C1C(=O)O. The Morgan fingerprint density at radius 3 is 1.78 bits per heavy atom. The molecule has 0 heterocycles. The lowest BCUT2D eigenvalue weighted by atomic mass is 9.93. The molecule has 23 heavy (non-hydrogen) atoms. The molecule has 0 amide bonds. The number of alkyl halides is 1. The van der Waals surface area contributed by atoms with E-state index in [0.29, 0.717) is 6.42 Å². The Balaban J connectivity index is 0.000000238. The Labute approximate surface area is 140 Å². The predicted octanol–water partition coefficient (Wildman–Crippen LogP) is 2.08. The smallest absolute Gasteiger partial charge is 0.310 e. The van der Waals surface area contributed by atoms with Crippen molar-refractivity contribution >= 4 is 36.1 Å². The molecule has 2 saturated carbocycles. The summed E-state index contributed by atoms with van der Waals surface area (Å²) < 4.78 is 0. The van der Waals surface area contributed by atoms with Crippen LogP contribution < -0.4 is 0 Å². The first-order valence-corrected chi connectivity index (χ1v) is 7.93. The topological polar surface area (TPSA) is 109 Å². The average Bonchev–Trinajstić information content (AvgIpc) is 3.17. The van der Waals surface area contributed by atoms with Crippen LogP contribution in [-0.2, 0) is 19.2 Å². The van der Waals surface area contributed by atoms with E-state index in [4.69, 9.17) is 21.8 Å². The largest absolute Gasteiger partial charge is 0.481 e. The van der Waals surface area contributed by atoms with Gasteiger partial charge in [-0.25, -0.2) is 0 Å². The van der Waals surface area contributed by atoms with Gasteiger partial charge in [0.15, 0.2) is 0 Å². The molecule has 4 atom stereocenters. The van der Waals surface area contributed by atoms with Crippen molar-refractivity contribution in [1.82, 2.24) is 0 Å². The summed E-state index contributed by atoms with van der Waals surface area (Å²) in [4.78, 5) is 42.3. The standard InChI is InChI=1S/C9H13ClO3.C7H10O3/c1-8(2)6(5-11)9(8,3-4-10)7(12)13;1-7(2)4(3-8)5(7)6(9)10/h5-6H,3-4H2,1-2H3,(H,12,13);3-5H,1-2H3,(H,9,10). The minimum Gasteiger partial charge on any atom is -0.481 e. The molecule has 0 radical (unpaired) electrons. The molecule has 0 aromatic rings. The van der Waals surface area contributed by atoms with Crippen molar-refractivity contribution in [3.05, 3.63) is 0 Å². The Morgan fingerprint density at radius 1 is 1.09 bits per heavy atom. The van der Waals surface area contributed by atoms with Crippen molar-refractivity contribution in [2.45, 2.75) is 34.1 Å². The van der Waals surface area contributed by atoms with Gasteiger partial charge >= 0.3 is 11.9 Å². The molecular formula is C16H23ClO6. The third kappa shape index (κ3) is 2.89. The van der Waals surface area contributed by atoms with E-state index in [2.05, 4.69) is 0 Å². The molecule has 2 aliphatic rings. The maximum Gasteiger partial charge on any atom is 0.310 e. The van der Waals surface area contributed by atoms with Crippen LogP contribution in [0.4, 0.5) is 0 Å². The molecule has 2 aliphatic carbocycles. The second-order valence-electron chi connectivity index (χ2n) is 7.35. The van der Waals surface area contributed by atoms with Crippen molar-refractivity contribution in [1.29, 1.82) is 0 Å². The summed E-state index contributed by atoms with van der Waals surface area (Å²) >= 11 is 5.54. The van der Waals surface area contributed by atoms with E-state index in [1.165, 1.54) is 0 Å². The minimum atomic E-state index is -0.920. The fraction of sp³-hybridized carbons (Fsp3) is 0.750. The summed E-state index contributed by atoms with van der Waals surface area (Å²) in [5, 5.41) is 17.6. The molecule has 0 spiro atoms. The Hall–Kier alpha value is -1.43. The van der Waals surface area contributed by atoms with Gasteiger partial charge in [-0.15, -0.1) is 11.6 Å². The molecule has 0 aliphatic heterocycles. The zero-order valence-electron chi connectivity index (χ0n) is 13.7. The van der Waals surface area contributed by atoms with E-state index in [1.54, 1.807) is 27.7 Å². The summed E-state index contributed by atoms with van der Waals surface area (Å²) in [7, 11) is 0. The summed E-state index contributed by atoms with van der Waals surface area (Å²) in [5.41, 5.74) is -1.68. The molecule has 130 valence electrons. The van der Waals surface area contributed by atoms with Crippen LogP contribution in [0.25, 0.3) is 0 Å². The lowest BCUT2D eigenvalue weighted by Crippen LogP contribution is -2.22. The van der Waals surface area contributed by atoms with Crippen molar-refractivity contribution in [3.63, 3.8) is 0 Å². The highest BCUT2D eigenvalue weighted by atomic mass is 35.5. The van der Waals surface area contributed by atoms with Crippen molar-refractivity contribution in [2.24, 2.45) is 34.0 Å². The zero-order valence-corrected chi connectivity index (χ0v) is 14.5. The Kier molecular flexibility index (Phi) is 5.31. The van der Waals surface area contributed by atoms with E-state index in [1.807, 2.05) is 0 Å². The average molecular weight is 347 g/mol.